The molecule has 1 N–H and O–H groups in total. The number of carbonyl (C=O) groups is 1. The van der Waals surface area contributed by atoms with Crippen LogP contribution in [-0.4, -0.2) is 22.5 Å². The van der Waals surface area contributed by atoms with Gasteiger partial charge in [-0.2, -0.15) is 0 Å². The lowest BCUT2D eigenvalue weighted by atomic mass is 9.62. The van der Waals surface area contributed by atoms with Crippen molar-refractivity contribution >= 4 is 16.7 Å². The Morgan fingerprint density at radius 2 is 1.96 bits per heavy atom. The number of nitrogens with one attached hydrogen (secondary N) is 1. The second-order valence-electron chi connectivity index (χ2n) is 9.80. The molecule has 26 heavy (non-hydrogen) atoms. The quantitative estimate of drug-likeness (QED) is 0.729. The summed E-state index contributed by atoms with van der Waals surface area (Å²) in [5, 5.41) is 1.21. The van der Waals surface area contributed by atoms with Crippen molar-refractivity contribution in [2.24, 2.45) is 23.2 Å². The highest BCUT2D eigenvalue weighted by molar-refractivity contribution is 5.96. The number of hydrogen-bond donors (Lipinski definition) is 1. The number of rotatable bonds is 1. The lowest BCUT2D eigenvalue weighted by Gasteiger charge is -2.41. The lowest BCUT2D eigenvalue weighted by molar-refractivity contribution is -0.122. The van der Waals surface area contributed by atoms with E-state index in [9.17, 15) is 4.79 Å². The summed E-state index contributed by atoms with van der Waals surface area (Å²) in [6, 6.07) is 8.39. The first-order valence-electron chi connectivity index (χ1n) is 10.1. The predicted molar refractivity (Wildman–Crippen MR) is 103 cm³/mol. The van der Waals surface area contributed by atoms with Crippen LogP contribution < -0.4 is 0 Å². The molecule has 0 radical (unpaired) electrons. The smallest absolute Gasteiger partial charge is 0.143 e. The number of fused-ring (bicyclic) bond motifs is 3. The van der Waals surface area contributed by atoms with Gasteiger partial charge in [-0.3, -0.25) is 4.79 Å². The highest BCUT2D eigenvalue weighted by Gasteiger charge is 2.61. The first-order chi connectivity index (χ1) is 12.3. The molecule has 5 rings (SSSR count). The average molecular weight is 351 g/mol. The van der Waals surface area contributed by atoms with Crippen LogP contribution in [-0.2, 0) is 9.53 Å². The van der Waals surface area contributed by atoms with Gasteiger partial charge in [0.15, 0.2) is 0 Å². The minimum atomic E-state index is 0.00394. The van der Waals surface area contributed by atoms with Crippen LogP contribution in [0.2, 0.25) is 0 Å². The summed E-state index contributed by atoms with van der Waals surface area (Å²) in [6.45, 7) is 9.16. The third-order valence-corrected chi connectivity index (χ3v) is 7.80. The third-order valence-electron chi connectivity index (χ3n) is 7.80. The molecule has 3 heteroatoms. The molecule has 3 nitrogen and oxygen atoms in total. The molecule has 1 aliphatic heterocycles. The number of benzene rings is 1. The van der Waals surface area contributed by atoms with Gasteiger partial charge in [0, 0.05) is 28.9 Å². The van der Waals surface area contributed by atoms with Gasteiger partial charge in [0.05, 0.1) is 11.7 Å². The van der Waals surface area contributed by atoms with Crippen molar-refractivity contribution in [1.29, 1.82) is 0 Å². The minimum Gasteiger partial charge on any atom is -0.366 e. The maximum atomic E-state index is 13.5. The molecule has 2 heterocycles. The third kappa shape index (κ3) is 2.19. The molecule has 6 atom stereocenters. The summed E-state index contributed by atoms with van der Waals surface area (Å²) in [6.07, 6.45) is 5.71. The van der Waals surface area contributed by atoms with Crippen LogP contribution in [0.5, 0.6) is 0 Å². The van der Waals surface area contributed by atoms with Crippen molar-refractivity contribution in [3.05, 3.63) is 36.0 Å². The first kappa shape index (κ1) is 16.6. The summed E-state index contributed by atoms with van der Waals surface area (Å²) < 4.78 is 6.09. The molecular weight excluding hydrogens is 322 g/mol. The van der Waals surface area contributed by atoms with E-state index in [0.717, 1.165) is 24.8 Å². The van der Waals surface area contributed by atoms with E-state index < -0.39 is 0 Å². The monoisotopic (exact) mass is 351 g/mol. The second kappa shape index (κ2) is 5.22. The molecule has 3 fully saturated rings. The Balaban J connectivity index is 1.62. The summed E-state index contributed by atoms with van der Waals surface area (Å²) in [5.41, 5.74) is 2.49. The molecule has 1 aromatic heterocycles. The summed E-state index contributed by atoms with van der Waals surface area (Å²) in [5.74, 6) is 1.43. The summed E-state index contributed by atoms with van der Waals surface area (Å²) in [7, 11) is 0. The normalized spacial score (nSPS) is 41.4. The Kier molecular flexibility index (Phi) is 3.32. The Morgan fingerprint density at radius 1 is 1.19 bits per heavy atom. The van der Waals surface area contributed by atoms with Crippen molar-refractivity contribution in [2.75, 3.05) is 0 Å². The van der Waals surface area contributed by atoms with Gasteiger partial charge >= 0.3 is 0 Å². The fraction of sp³-hybridized carbons (Fsp3) is 0.609. The minimum absolute atomic E-state index is 0.00394. The van der Waals surface area contributed by atoms with Gasteiger partial charge in [-0.15, -0.1) is 0 Å². The summed E-state index contributed by atoms with van der Waals surface area (Å²) >= 11 is 0. The number of aromatic amines is 1. The molecule has 3 aliphatic rings. The molecule has 2 aromatic rings. The van der Waals surface area contributed by atoms with E-state index in [-0.39, 0.29) is 22.9 Å². The Bertz CT molecular complexity index is 881. The zero-order valence-corrected chi connectivity index (χ0v) is 16.2. The standard InChI is InChI=1S/C23H29NO2/c1-13-14-9-10-23(4)18(26-23)11-22(2,3)20(14)19(21(13)25)16-12-24-17-8-6-5-7-15(16)17/h5-8,12-14,18-20,24H,9-11H2,1-4H3/t13-,14-,18?,19-,20+,23?/m0/s1. The van der Waals surface area contributed by atoms with E-state index in [1.54, 1.807) is 0 Å². The zero-order chi connectivity index (χ0) is 18.3. The maximum Gasteiger partial charge on any atom is 0.143 e. The van der Waals surface area contributed by atoms with E-state index in [0.29, 0.717) is 23.7 Å². The van der Waals surface area contributed by atoms with Crippen molar-refractivity contribution in [3.8, 4) is 0 Å². The van der Waals surface area contributed by atoms with Crippen LogP contribution in [0.15, 0.2) is 30.5 Å². The molecule has 2 aliphatic carbocycles. The number of hydrogen-bond acceptors (Lipinski definition) is 2. The second-order valence-corrected chi connectivity index (χ2v) is 9.80. The number of aromatic nitrogens is 1. The highest BCUT2D eigenvalue weighted by atomic mass is 16.6. The number of ketones is 1. The number of ether oxygens (including phenoxy) is 1. The number of epoxide rings is 1. The molecule has 138 valence electrons. The Morgan fingerprint density at radius 3 is 2.77 bits per heavy atom. The molecule has 1 saturated heterocycles. The SMILES string of the molecule is C[C@@H]1C(=O)[C@@H](c2c[nH]c3ccccc23)[C@H]2[C@H]1CCC1(C)OC1CC2(C)C. The van der Waals surface area contributed by atoms with Gasteiger partial charge in [-0.25, -0.2) is 0 Å². The molecule has 2 saturated carbocycles. The van der Waals surface area contributed by atoms with Gasteiger partial charge < -0.3 is 9.72 Å². The van der Waals surface area contributed by atoms with Crippen molar-refractivity contribution < 1.29 is 9.53 Å². The topological polar surface area (TPSA) is 45.4 Å². The average Bonchev–Trinajstić information content (AvgIpc) is 2.93. The largest absolute Gasteiger partial charge is 0.366 e. The number of Topliss-reactive ketones (excluding diaryl/α,β-unsaturated/α-hetero) is 1. The Hall–Kier alpha value is -1.61. The van der Waals surface area contributed by atoms with Crippen LogP contribution in [0.3, 0.4) is 0 Å². The van der Waals surface area contributed by atoms with Crippen LogP contribution in [0.4, 0.5) is 0 Å². The zero-order valence-electron chi connectivity index (χ0n) is 16.2. The molecular formula is C23H29NO2. The number of H-pyrrole nitrogens is 1. The predicted octanol–water partition coefficient (Wildman–Crippen LogP) is 5.07. The van der Waals surface area contributed by atoms with Crippen LogP contribution in [0.1, 0.15) is 58.4 Å². The highest BCUT2D eigenvalue weighted by Crippen LogP contribution is 2.61. The van der Waals surface area contributed by atoms with Gasteiger partial charge in [0.1, 0.15) is 5.78 Å². The van der Waals surface area contributed by atoms with E-state index >= 15 is 0 Å². The van der Waals surface area contributed by atoms with E-state index in [1.165, 1.54) is 10.9 Å². The van der Waals surface area contributed by atoms with Gasteiger partial charge in [0.25, 0.3) is 0 Å². The summed E-state index contributed by atoms with van der Waals surface area (Å²) in [4.78, 5) is 16.9. The fourth-order valence-corrected chi connectivity index (χ4v) is 6.22. The van der Waals surface area contributed by atoms with Gasteiger partial charge in [-0.1, -0.05) is 39.0 Å². The molecule has 2 unspecified atom stereocenters. The van der Waals surface area contributed by atoms with Crippen LogP contribution in [0, 0.1) is 23.2 Å². The molecule has 0 amide bonds. The van der Waals surface area contributed by atoms with Crippen molar-refractivity contribution in [3.63, 3.8) is 0 Å². The lowest BCUT2D eigenvalue weighted by Crippen LogP contribution is -2.36. The number of carbonyl (C=O) groups excluding carboxylic acids is 1. The molecule has 0 bridgehead atoms. The fourth-order valence-electron chi connectivity index (χ4n) is 6.22. The van der Waals surface area contributed by atoms with Crippen molar-refractivity contribution in [2.45, 2.75) is 64.6 Å². The van der Waals surface area contributed by atoms with Gasteiger partial charge in [-0.05, 0) is 55.1 Å². The van der Waals surface area contributed by atoms with Gasteiger partial charge in [0.2, 0.25) is 0 Å². The van der Waals surface area contributed by atoms with Crippen LogP contribution in [0.25, 0.3) is 10.9 Å². The van der Waals surface area contributed by atoms with E-state index in [2.05, 4.69) is 63.1 Å². The molecule has 0 spiro atoms. The van der Waals surface area contributed by atoms with E-state index in [4.69, 9.17) is 4.74 Å². The van der Waals surface area contributed by atoms with E-state index in [1.807, 2.05) is 0 Å². The van der Waals surface area contributed by atoms with Crippen molar-refractivity contribution in [1.82, 2.24) is 4.98 Å². The maximum absolute atomic E-state index is 13.5. The number of para-hydroxylation sites is 1. The first-order valence-corrected chi connectivity index (χ1v) is 10.1. The van der Waals surface area contributed by atoms with Crippen LogP contribution >= 0.6 is 0 Å². The Labute approximate surface area is 155 Å². The molecule has 1 aromatic carbocycles.